The molecule has 0 aromatic heterocycles. The number of ketones is 2. The fraction of sp³-hybridized carbons (Fsp3) is 0.727. The van der Waals surface area contributed by atoms with Gasteiger partial charge in [-0.05, 0) is 39.0 Å². The van der Waals surface area contributed by atoms with Gasteiger partial charge < -0.3 is 15.3 Å². The predicted molar refractivity (Wildman–Crippen MR) is 106 cm³/mol. The number of unbranched alkanes of at least 4 members (excludes halogenated alkanes) is 1. The van der Waals surface area contributed by atoms with Crippen LogP contribution in [0, 0.1) is 11.8 Å². The van der Waals surface area contributed by atoms with E-state index in [2.05, 4.69) is 6.92 Å². The van der Waals surface area contributed by atoms with Crippen LogP contribution in [0.25, 0.3) is 0 Å². The third-order valence-corrected chi connectivity index (χ3v) is 5.29. The molecule has 0 spiro atoms. The van der Waals surface area contributed by atoms with E-state index in [0.717, 1.165) is 25.7 Å². The molecule has 154 valence electrons. The zero-order valence-electron chi connectivity index (χ0n) is 16.8. The average molecular weight is 381 g/mol. The number of hydrogen-bond donors (Lipinski definition) is 3. The number of allylic oxidation sites excluding steroid dienone is 2. The third kappa shape index (κ3) is 8.96. The largest absolute Gasteiger partial charge is 0.392 e. The topological polar surface area (TPSA) is 94.8 Å². The first-order valence-electron chi connectivity index (χ1n) is 10.2. The SMILES string of the molecule is CCCC[C@](C)(O)CC=C[C@H]1[C@H](O)CC(=O)[C@@H]1CCC=CCCC(=O)CO. The first kappa shape index (κ1) is 23.7. The summed E-state index contributed by atoms with van der Waals surface area (Å²) >= 11 is 0. The maximum absolute atomic E-state index is 12.2. The van der Waals surface area contributed by atoms with Crippen molar-refractivity contribution in [3.8, 4) is 0 Å². The molecular formula is C22H36O5. The van der Waals surface area contributed by atoms with Gasteiger partial charge in [-0.2, -0.15) is 0 Å². The number of carbonyl (C=O) groups excluding carboxylic acids is 2. The van der Waals surface area contributed by atoms with Crippen LogP contribution in [0.3, 0.4) is 0 Å². The Balaban J connectivity index is 2.49. The molecule has 3 N–H and O–H groups in total. The predicted octanol–water partition coefficient (Wildman–Crippen LogP) is 3.12. The molecular weight excluding hydrogens is 344 g/mol. The maximum Gasteiger partial charge on any atom is 0.158 e. The van der Waals surface area contributed by atoms with E-state index in [0.29, 0.717) is 25.7 Å². The molecule has 27 heavy (non-hydrogen) atoms. The number of aliphatic hydroxyl groups is 3. The standard InChI is InChI=1S/C22H36O5/c1-3-4-13-22(2,27)14-9-12-19-18(20(25)15-21(19)26)11-8-6-5-7-10-17(24)16-23/h5-6,9,12,18-19,21,23,26-27H,3-4,7-8,10-11,13-16H2,1-2H3/t18-,19-,21-,22+/m1/s1. The van der Waals surface area contributed by atoms with E-state index in [1.165, 1.54) is 0 Å². The number of aliphatic hydroxyl groups excluding tert-OH is 2. The summed E-state index contributed by atoms with van der Waals surface area (Å²) in [7, 11) is 0. The monoisotopic (exact) mass is 380 g/mol. The Morgan fingerprint density at radius 2 is 1.96 bits per heavy atom. The highest BCUT2D eigenvalue weighted by Gasteiger charge is 2.39. The minimum Gasteiger partial charge on any atom is -0.392 e. The molecule has 5 nitrogen and oxygen atoms in total. The lowest BCUT2D eigenvalue weighted by Crippen LogP contribution is -2.23. The lowest BCUT2D eigenvalue weighted by atomic mass is 9.88. The quantitative estimate of drug-likeness (QED) is 0.427. The molecule has 0 aromatic carbocycles. The van der Waals surface area contributed by atoms with Crippen LogP contribution in [-0.2, 0) is 9.59 Å². The molecule has 0 heterocycles. The van der Waals surface area contributed by atoms with Crippen molar-refractivity contribution in [2.24, 2.45) is 11.8 Å². The first-order valence-corrected chi connectivity index (χ1v) is 10.2. The van der Waals surface area contributed by atoms with Gasteiger partial charge in [0, 0.05) is 24.7 Å². The van der Waals surface area contributed by atoms with Gasteiger partial charge in [-0.1, -0.05) is 44.1 Å². The Bertz CT molecular complexity index is 521. The summed E-state index contributed by atoms with van der Waals surface area (Å²) in [4.78, 5) is 23.2. The van der Waals surface area contributed by atoms with Crippen molar-refractivity contribution in [1.82, 2.24) is 0 Å². The molecule has 1 fully saturated rings. The normalized spacial score (nSPS) is 25.5. The van der Waals surface area contributed by atoms with Crippen LogP contribution in [-0.4, -0.2) is 45.2 Å². The second-order valence-corrected chi connectivity index (χ2v) is 7.94. The molecule has 0 radical (unpaired) electrons. The van der Waals surface area contributed by atoms with Crippen molar-refractivity contribution in [1.29, 1.82) is 0 Å². The van der Waals surface area contributed by atoms with Gasteiger partial charge in [-0.3, -0.25) is 9.59 Å². The fourth-order valence-electron chi connectivity index (χ4n) is 3.57. The molecule has 4 atom stereocenters. The van der Waals surface area contributed by atoms with Crippen LogP contribution in [0.5, 0.6) is 0 Å². The van der Waals surface area contributed by atoms with Crippen LogP contribution in [0.2, 0.25) is 0 Å². The van der Waals surface area contributed by atoms with Gasteiger partial charge in [0.1, 0.15) is 12.4 Å². The van der Waals surface area contributed by atoms with Gasteiger partial charge >= 0.3 is 0 Å². The Labute approximate surface area is 163 Å². The summed E-state index contributed by atoms with van der Waals surface area (Å²) in [5.74, 6) is -0.461. The van der Waals surface area contributed by atoms with Crippen molar-refractivity contribution in [2.45, 2.75) is 83.3 Å². The maximum atomic E-state index is 12.2. The Morgan fingerprint density at radius 1 is 1.26 bits per heavy atom. The summed E-state index contributed by atoms with van der Waals surface area (Å²) in [6.45, 7) is 3.50. The van der Waals surface area contributed by atoms with Crippen LogP contribution in [0.4, 0.5) is 0 Å². The fourth-order valence-corrected chi connectivity index (χ4v) is 3.57. The second kappa shape index (κ2) is 12.2. The summed E-state index contributed by atoms with van der Waals surface area (Å²) in [5.41, 5.74) is -0.746. The highest BCUT2D eigenvalue weighted by Crippen LogP contribution is 2.34. The van der Waals surface area contributed by atoms with Gasteiger partial charge in [0.15, 0.2) is 5.78 Å². The van der Waals surface area contributed by atoms with Crippen molar-refractivity contribution in [2.75, 3.05) is 6.61 Å². The minimum absolute atomic E-state index is 0.0961. The smallest absolute Gasteiger partial charge is 0.158 e. The van der Waals surface area contributed by atoms with Crippen LogP contribution in [0.1, 0.15) is 71.6 Å². The van der Waals surface area contributed by atoms with E-state index < -0.39 is 18.3 Å². The summed E-state index contributed by atoms with van der Waals surface area (Å²) < 4.78 is 0. The molecule has 1 saturated carbocycles. The van der Waals surface area contributed by atoms with Gasteiger partial charge in [-0.25, -0.2) is 0 Å². The molecule has 5 heteroatoms. The zero-order chi connectivity index (χ0) is 20.3. The summed E-state index contributed by atoms with van der Waals surface area (Å²) in [5, 5.41) is 29.2. The molecule has 1 aliphatic rings. The van der Waals surface area contributed by atoms with Gasteiger partial charge in [0.25, 0.3) is 0 Å². The molecule has 0 amide bonds. The minimum atomic E-state index is -0.746. The Morgan fingerprint density at radius 3 is 2.63 bits per heavy atom. The Kier molecular flexibility index (Phi) is 10.7. The van der Waals surface area contributed by atoms with Gasteiger partial charge in [-0.15, -0.1) is 0 Å². The third-order valence-electron chi connectivity index (χ3n) is 5.29. The van der Waals surface area contributed by atoms with E-state index in [1.54, 1.807) is 0 Å². The number of hydrogen-bond acceptors (Lipinski definition) is 5. The van der Waals surface area contributed by atoms with E-state index in [-0.39, 0.29) is 29.8 Å². The Hall–Kier alpha value is -1.30. The molecule has 1 rings (SSSR count). The average Bonchev–Trinajstić information content (AvgIpc) is 2.89. The van der Waals surface area contributed by atoms with Crippen LogP contribution >= 0.6 is 0 Å². The van der Waals surface area contributed by atoms with Crippen molar-refractivity contribution in [3.05, 3.63) is 24.3 Å². The van der Waals surface area contributed by atoms with E-state index in [1.807, 2.05) is 31.2 Å². The number of Topliss-reactive ketones (excluding diaryl/α,β-unsaturated/α-hetero) is 2. The lowest BCUT2D eigenvalue weighted by molar-refractivity contribution is -0.122. The summed E-state index contributed by atoms with van der Waals surface area (Å²) in [6.07, 6.45) is 12.8. The van der Waals surface area contributed by atoms with Gasteiger partial charge in [0.2, 0.25) is 0 Å². The van der Waals surface area contributed by atoms with E-state index >= 15 is 0 Å². The van der Waals surface area contributed by atoms with Crippen molar-refractivity contribution < 1.29 is 24.9 Å². The lowest BCUT2D eigenvalue weighted by Gasteiger charge is -2.22. The second-order valence-electron chi connectivity index (χ2n) is 7.94. The van der Waals surface area contributed by atoms with Crippen molar-refractivity contribution >= 4 is 11.6 Å². The van der Waals surface area contributed by atoms with E-state index in [4.69, 9.17) is 5.11 Å². The molecule has 0 bridgehead atoms. The summed E-state index contributed by atoms with van der Waals surface area (Å²) in [6, 6.07) is 0. The zero-order valence-corrected chi connectivity index (χ0v) is 16.8. The van der Waals surface area contributed by atoms with Gasteiger partial charge in [0.05, 0.1) is 11.7 Å². The highest BCUT2D eigenvalue weighted by molar-refractivity contribution is 5.84. The van der Waals surface area contributed by atoms with Crippen molar-refractivity contribution in [3.63, 3.8) is 0 Å². The molecule has 0 unspecified atom stereocenters. The molecule has 0 aromatic rings. The molecule has 0 aliphatic heterocycles. The molecule has 0 saturated heterocycles. The van der Waals surface area contributed by atoms with Crippen LogP contribution in [0.15, 0.2) is 24.3 Å². The first-order chi connectivity index (χ1) is 12.8. The number of rotatable bonds is 13. The molecule has 1 aliphatic carbocycles. The highest BCUT2D eigenvalue weighted by atomic mass is 16.3. The van der Waals surface area contributed by atoms with E-state index in [9.17, 15) is 19.8 Å². The van der Waals surface area contributed by atoms with Crippen LogP contribution < -0.4 is 0 Å². The number of carbonyl (C=O) groups is 2.